The normalized spacial score (nSPS) is 17.8. The molecule has 25 heavy (non-hydrogen) atoms. The number of nitrogens with zero attached hydrogens (tertiary/aromatic N) is 2. The van der Waals surface area contributed by atoms with E-state index in [4.69, 9.17) is 9.44 Å². The van der Waals surface area contributed by atoms with Crippen molar-refractivity contribution in [3.8, 4) is 11.8 Å². The average molecular weight is 382 g/mol. The van der Waals surface area contributed by atoms with E-state index in [0.717, 1.165) is 11.0 Å². The van der Waals surface area contributed by atoms with Crippen LogP contribution >= 0.6 is 11.8 Å². The van der Waals surface area contributed by atoms with Crippen molar-refractivity contribution >= 4 is 39.7 Å². The van der Waals surface area contributed by atoms with Crippen molar-refractivity contribution in [2.45, 2.75) is 18.6 Å². The molecule has 2 amide bonds. The van der Waals surface area contributed by atoms with Gasteiger partial charge in [-0.15, -0.1) is 20.2 Å². The quantitative estimate of drug-likeness (QED) is 0.398. The fraction of sp³-hybridized carbons (Fsp3) is 0.267. The van der Waals surface area contributed by atoms with Crippen molar-refractivity contribution in [3.63, 3.8) is 0 Å². The Bertz CT molecular complexity index is 844. The molecule has 1 aliphatic rings. The van der Waals surface area contributed by atoms with Gasteiger partial charge in [-0.05, 0) is 17.9 Å². The third-order valence-electron chi connectivity index (χ3n) is 3.06. The summed E-state index contributed by atoms with van der Waals surface area (Å²) in [4.78, 5) is 25.5. The van der Waals surface area contributed by atoms with Gasteiger partial charge in [-0.2, -0.15) is 5.26 Å². The van der Waals surface area contributed by atoms with Crippen LogP contribution in [0.25, 0.3) is 0 Å². The Hall–Kier alpha value is -2.51. The zero-order valence-corrected chi connectivity index (χ0v) is 14.7. The Balaban J connectivity index is 2.19. The number of benzene rings is 1. The molecule has 1 saturated heterocycles. The Morgan fingerprint density at radius 3 is 2.88 bits per heavy atom. The topological polar surface area (TPSA) is 114 Å². The molecule has 1 heterocycles. The van der Waals surface area contributed by atoms with Crippen LogP contribution in [0.1, 0.15) is 13.3 Å². The number of hydrogen-bond donors (Lipinski definition) is 0. The van der Waals surface area contributed by atoms with E-state index < -0.39 is 15.6 Å². The lowest BCUT2D eigenvalue weighted by molar-refractivity contribution is -0.121. The minimum Gasteiger partial charge on any atom is -0.360 e. The zero-order chi connectivity index (χ0) is 18.4. The summed E-state index contributed by atoms with van der Waals surface area (Å²) in [6, 6.07) is 7.11. The van der Waals surface area contributed by atoms with E-state index in [-0.39, 0.29) is 29.7 Å². The molecule has 1 unspecified atom stereocenters. The Kier molecular flexibility index (Phi) is 6.06. The summed E-state index contributed by atoms with van der Waals surface area (Å²) in [5, 5.41) is 7.86. The highest BCUT2D eigenvalue weighted by Crippen LogP contribution is 2.31. The number of carbonyl (C=O) groups excluding carboxylic acids is 2. The minimum absolute atomic E-state index is 0.1000. The van der Waals surface area contributed by atoms with Gasteiger partial charge in [-0.1, -0.05) is 13.0 Å². The van der Waals surface area contributed by atoms with Gasteiger partial charge in [0.05, 0.1) is 23.1 Å². The summed E-state index contributed by atoms with van der Waals surface area (Å²) in [6.07, 6.45) is 1.59. The first-order valence-corrected chi connectivity index (χ1v) is 9.52. The number of carbonyl (C=O) groups is 2. The van der Waals surface area contributed by atoms with Crippen LogP contribution in [-0.4, -0.2) is 31.2 Å². The molecule has 1 aromatic carbocycles. The largest absolute Gasteiger partial charge is 0.500 e. The molecule has 0 aromatic heterocycles. The highest BCUT2D eigenvalue weighted by molar-refractivity contribution is 8.00. The molecular weight excluding hydrogens is 368 g/mol. The minimum atomic E-state index is -4.42. The molecule has 0 radical (unpaired) electrons. The van der Waals surface area contributed by atoms with Crippen LogP contribution in [0.15, 0.2) is 36.6 Å². The molecule has 1 fully saturated rings. The van der Waals surface area contributed by atoms with Crippen LogP contribution in [0.4, 0.5) is 5.69 Å². The van der Waals surface area contributed by atoms with Crippen molar-refractivity contribution in [2.75, 3.05) is 10.7 Å². The number of rotatable bonds is 7. The van der Waals surface area contributed by atoms with Crippen molar-refractivity contribution in [3.05, 3.63) is 36.6 Å². The lowest BCUT2D eigenvalue weighted by Gasteiger charge is -2.15. The van der Waals surface area contributed by atoms with Crippen LogP contribution in [0.2, 0.25) is 0 Å². The van der Waals surface area contributed by atoms with E-state index in [1.54, 1.807) is 6.07 Å². The molecule has 0 spiro atoms. The first-order chi connectivity index (χ1) is 11.9. The number of hydrogen-bond acceptors (Lipinski definition) is 8. The summed E-state index contributed by atoms with van der Waals surface area (Å²) >= 11 is 1.38. The molecule has 0 bridgehead atoms. The standard InChI is InChI=1S/C15H14N2O6S2/c1-2-24-13-10-14(18)17(15(13)19)11-5-3-6-12(9-11)23-25(20,21)22-8-4-7-16/h3-6,8-9,13H,2,10H2,1H3/b8-4+. The van der Waals surface area contributed by atoms with Gasteiger partial charge in [-0.25, -0.2) is 4.90 Å². The number of thioether (sulfide) groups is 1. The molecule has 10 heteroatoms. The Labute approximate surface area is 149 Å². The molecule has 2 rings (SSSR count). The van der Waals surface area contributed by atoms with Crippen molar-refractivity contribution in [1.82, 2.24) is 0 Å². The van der Waals surface area contributed by atoms with E-state index in [1.807, 2.05) is 6.92 Å². The van der Waals surface area contributed by atoms with Gasteiger partial charge < -0.3 is 8.37 Å². The summed E-state index contributed by atoms with van der Waals surface area (Å²) < 4.78 is 32.3. The summed E-state index contributed by atoms with van der Waals surface area (Å²) in [7, 11) is -4.42. The van der Waals surface area contributed by atoms with Crippen LogP contribution in [-0.2, 0) is 24.2 Å². The highest BCUT2D eigenvalue weighted by atomic mass is 32.3. The maximum Gasteiger partial charge on any atom is 0.500 e. The van der Waals surface area contributed by atoms with Gasteiger partial charge >= 0.3 is 10.4 Å². The van der Waals surface area contributed by atoms with E-state index in [1.165, 1.54) is 36.0 Å². The number of imide groups is 1. The maximum absolute atomic E-state index is 12.3. The zero-order valence-electron chi connectivity index (χ0n) is 13.1. The van der Waals surface area contributed by atoms with E-state index in [2.05, 4.69) is 4.18 Å². The van der Waals surface area contributed by atoms with Crippen molar-refractivity contribution in [1.29, 1.82) is 5.26 Å². The lowest BCUT2D eigenvalue weighted by atomic mass is 10.3. The van der Waals surface area contributed by atoms with Crippen LogP contribution in [0, 0.1) is 11.3 Å². The number of allylic oxidation sites excluding steroid dienone is 1. The van der Waals surface area contributed by atoms with Gasteiger partial charge in [0.2, 0.25) is 11.8 Å². The molecule has 0 aliphatic carbocycles. The molecule has 0 saturated carbocycles. The molecule has 1 aliphatic heterocycles. The number of nitriles is 1. The van der Waals surface area contributed by atoms with Crippen LogP contribution in [0.5, 0.6) is 5.75 Å². The number of amides is 2. The predicted octanol–water partition coefficient (Wildman–Crippen LogP) is 1.75. The summed E-state index contributed by atoms with van der Waals surface area (Å²) in [6.45, 7) is 1.89. The van der Waals surface area contributed by atoms with E-state index >= 15 is 0 Å². The lowest BCUT2D eigenvalue weighted by Crippen LogP contribution is -2.31. The molecule has 0 N–H and O–H groups in total. The smallest absolute Gasteiger partial charge is 0.360 e. The third-order valence-corrected chi connectivity index (χ3v) is 4.91. The second-order valence-electron chi connectivity index (χ2n) is 4.73. The predicted molar refractivity (Wildman–Crippen MR) is 90.9 cm³/mol. The third kappa shape index (κ3) is 4.74. The van der Waals surface area contributed by atoms with Crippen molar-refractivity contribution in [2.24, 2.45) is 0 Å². The second-order valence-corrected chi connectivity index (χ2v) is 7.39. The molecule has 8 nitrogen and oxygen atoms in total. The van der Waals surface area contributed by atoms with Gasteiger partial charge in [0.25, 0.3) is 0 Å². The van der Waals surface area contributed by atoms with Gasteiger partial charge in [0.15, 0.2) is 0 Å². The molecule has 1 aromatic rings. The molecular formula is C15H14N2O6S2. The summed E-state index contributed by atoms with van der Waals surface area (Å²) in [5.41, 5.74) is 0.217. The first kappa shape index (κ1) is 18.8. The van der Waals surface area contributed by atoms with Gasteiger partial charge in [-0.3, -0.25) is 9.59 Å². The number of anilines is 1. The summed E-state index contributed by atoms with van der Waals surface area (Å²) in [5.74, 6) is -0.129. The highest BCUT2D eigenvalue weighted by Gasteiger charge is 2.39. The SMILES string of the molecule is CCSC1CC(=O)N(c2cccc(OS(=O)(=O)O/C=C/C#N)c2)C1=O. The van der Waals surface area contributed by atoms with Gasteiger partial charge in [0.1, 0.15) is 12.0 Å². The molecule has 132 valence electrons. The fourth-order valence-corrected chi connectivity index (χ4v) is 3.63. The Morgan fingerprint density at radius 2 is 2.20 bits per heavy atom. The second kappa shape index (κ2) is 8.04. The van der Waals surface area contributed by atoms with Crippen LogP contribution < -0.4 is 9.08 Å². The first-order valence-electron chi connectivity index (χ1n) is 7.13. The fourth-order valence-electron chi connectivity index (χ4n) is 2.14. The monoisotopic (exact) mass is 382 g/mol. The van der Waals surface area contributed by atoms with E-state index in [0.29, 0.717) is 12.0 Å². The van der Waals surface area contributed by atoms with Crippen molar-refractivity contribution < 1.29 is 26.4 Å². The van der Waals surface area contributed by atoms with Crippen LogP contribution in [0.3, 0.4) is 0 Å². The van der Waals surface area contributed by atoms with Gasteiger partial charge in [0, 0.05) is 12.5 Å². The molecule has 1 atom stereocenters. The van der Waals surface area contributed by atoms with E-state index in [9.17, 15) is 18.0 Å². The Morgan fingerprint density at radius 1 is 1.44 bits per heavy atom. The average Bonchev–Trinajstić information content (AvgIpc) is 2.82. The maximum atomic E-state index is 12.3.